The molecule has 1 N–H and O–H groups in total. The second-order valence-electron chi connectivity index (χ2n) is 4.53. The maximum atomic E-state index is 12.2. The van der Waals surface area contributed by atoms with Crippen LogP contribution in [0.3, 0.4) is 0 Å². The van der Waals surface area contributed by atoms with E-state index >= 15 is 0 Å². The van der Waals surface area contributed by atoms with E-state index in [-0.39, 0.29) is 11.3 Å². The quantitative estimate of drug-likeness (QED) is 0.777. The molecule has 1 aliphatic carbocycles. The summed E-state index contributed by atoms with van der Waals surface area (Å²) in [5, 5.41) is 2.92. The Morgan fingerprint density at radius 2 is 2.06 bits per heavy atom. The van der Waals surface area contributed by atoms with Gasteiger partial charge in [0.2, 0.25) is 5.91 Å². The molecule has 0 saturated heterocycles. The summed E-state index contributed by atoms with van der Waals surface area (Å²) in [5.74, 6) is 0.862. The topological polar surface area (TPSA) is 47.6 Å². The van der Waals surface area contributed by atoms with Crippen molar-refractivity contribution in [1.82, 2.24) is 5.32 Å². The van der Waals surface area contributed by atoms with Crippen LogP contribution in [0.1, 0.15) is 18.4 Å². The Morgan fingerprint density at radius 1 is 1.33 bits per heavy atom. The molecule has 0 bridgehead atoms. The fraction of sp³-hybridized carbons (Fsp3) is 0.500. The van der Waals surface area contributed by atoms with Crippen LogP contribution in [0.4, 0.5) is 0 Å². The molecule has 1 aromatic rings. The minimum absolute atomic E-state index is 0.0732. The Kier molecular flexibility index (Phi) is 3.87. The standard InChI is InChI=1S/C14H19NO3/c1-17-10-9-15-13(16)14(7-8-14)11-5-3-4-6-12(11)18-2/h3-6H,7-10H2,1-2H3,(H,15,16). The number of nitrogens with one attached hydrogen (secondary N) is 1. The fourth-order valence-electron chi connectivity index (χ4n) is 2.22. The number of rotatable bonds is 6. The lowest BCUT2D eigenvalue weighted by Crippen LogP contribution is -2.36. The molecule has 1 fully saturated rings. The Balaban J connectivity index is 2.13. The molecule has 98 valence electrons. The highest BCUT2D eigenvalue weighted by Gasteiger charge is 2.52. The number of methoxy groups -OCH3 is 2. The van der Waals surface area contributed by atoms with E-state index in [1.165, 1.54) is 0 Å². The molecule has 0 radical (unpaired) electrons. The molecule has 1 amide bonds. The molecule has 4 nitrogen and oxygen atoms in total. The molecule has 0 aromatic heterocycles. The maximum Gasteiger partial charge on any atom is 0.230 e. The highest BCUT2D eigenvalue weighted by molar-refractivity contribution is 5.92. The number of carbonyl (C=O) groups is 1. The normalized spacial score (nSPS) is 16.1. The van der Waals surface area contributed by atoms with Crippen LogP contribution in [0.2, 0.25) is 0 Å². The van der Waals surface area contributed by atoms with Gasteiger partial charge in [0.05, 0.1) is 19.1 Å². The van der Waals surface area contributed by atoms with E-state index in [4.69, 9.17) is 9.47 Å². The molecule has 1 aliphatic rings. The van der Waals surface area contributed by atoms with Gasteiger partial charge >= 0.3 is 0 Å². The predicted octanol–water partition coefficient (Wildman–Crippen LogP) is 1.49. The summed E-state index contributed by atoms with van der Waals surface area (Å²) in [4.78, 5) is 12.2. The molecule has 4 heteroatoms. The van der Waals surface area contributed by atoms with Gasteiger partial charge in [-0.25, -0.2) is 0 Å². The number of carbonyl (C=O) groups excluding carboxylic acids is 1. The molecule has 0 aliphatic heterocycles. The number of hydrogen-bond acceptors (Lipinski definition) is 3. The zero-order valence-corrected chi connectivity index (χ0v) is 10.9. The lowest BCUT2D eigenvalue weighted by molar-refractivity contribution is -0.123. The summed E-state index contributed by atoms with van der Waals surface area (Å²) in [5.41, 5.74) is 0.600. The molecular weight excluding hydrogens is 230 g/mol. The van der Waals surface area contributed by atoms with Gasteiger partial charge in [0.15, 0.2) is 0 Å². The van der Waals surface area contributed by atoms with Crippen LogP contribution >= 0.6 is 0 Å². The van der Waals surface area contributed by atoms with Crippen molar-refractivity contribution in [1.29, 1.82) is 0 Å². The Bertz CT molecular complexity index is 427. The van der Waals surface area contributed by atoms with Crippen LogP contribution in [-0.2, 0) is 14.9 Å². The van der Waals surface area contributed by atoms with Crippen LogP contribution in [0.25, 0.3) is 0 Å². The molecule has 1 aromatic carbocycles. The lowest BCUT2D eigenvalue weighted by atomic mass is 9.94. The van der Waals surface area contributed by atoms with Crippen LogP contribution in [-0.4, -0.2) is 33.3 Å². The number of hydrogen-bond donors (Lipinski definition) is 1. The fourth-order valence-corrected chi connectivity index (χ4v) is 2.22. The summed E-state index contributed by atoms with van der Waals surface area (Å²) in [7, 11) is 3.26. The highest BCUT2D eigenvalue weighted by atomic mass is 16.5. The third-order valence-corrected chi connectivity index (χ3v) is 3.40. The van der Waals surface area contributed by atoms with Crippen LogP contribution in [0.15, 0.2) is 24.3 Å². The first kappa shape index (κ1) is 12.9. The van der Waals surface area contributed by atoms with E-state index in [9.17, 15) is 4.79 Å². The van der Waals surface area contributed by atoms with Gasteiger partial charge in [-0.15, -0.1) is 0 Å². The molecule has 18 heavy (non-hydrogen) atoms. The van der Waals surface area contributed by atoms with Crippen LogP contribution in [0, 0.1) is 0 Å². The molecule has 0 spiro atoms. The molecule has 0 atom stereocenters. The second-order valence-corrected chi connectivity index (χ2v) is 4.53. The zero-order chi connectivity index (χ0) is 13.0. The van der Waals surface area contributed by atoms with Gasteiger partial charge < -0.3 is 14.8 Å². The van der Waals surface area contributed by atoms with Gasteiger partial charge in [-0.05, 0) is 18.9 Å². The van der Waals surface area contributed by atoms with Crippen molar-refractivity contribution < 1.29 is 14.3 Å². The van der Waals surface area contributed by atoms with Crippen molar-refractivity contribution in [3.05, 3.63) is 29.8 Å². The van der Waals surface area contributed by atoms with Crippen molar-refractivity contribution in [2.75, 3.05) is 27.4 Å². The summed E-state index contributed by atoms with van der Waals surface area (Å²) < 4.78 is 10.3. The number of benzene rings is 1. The molecular formula is C14H19NO3. The molecule has 0 unspecified atom stereocenters. The third-order valence-electron chi connectivity index (χ3n) is 3.40. The van der Waals surface area contributed by atoms with Gasteiger partial charge in [-0.1, -0.05) is 18.2 Å². The summed E-state index contributed by atoms with van der Waals surface area (Å²) >= 11 is 0. The third kappa shape index (κ3) is 2.34. The van der Waals surface area contributed by atoms with Crippen molar-refractivity contribution in [2.45, 2.75) is 18.3 Å². The first-order valence-electron chi connectivity index (χ1n) is 6.15. The van der Waals surface area contributed by atoms with E-state index < -0.39 is 0 Å². The van der Waals surface area contributed by atoms with E-state index in [1.54, 1.807) is 14.2 Å². The SMILES string of the molecule is COCCNC(=O)C1(c2ccccc2OC)CC1. The van der Waals surface area contributed by atoms with Crippen molar-refractivity contribution in [2.24, 2.45) is 0 Å². The average Bonchev–Trinajstić information content (AvgIpc) is 3.20. The minimum Gasteiger partial charge on any atom is -0.496 e. The van der Waals surface area contributed by atoms with Crippen molar-refractivity contribution >= 4 is 5.91 Å². The van der Waals surface area contributed by atoms with Gasteiger partial charge in [0, 0.05) is 19.2 Å². The lowest BCUT2D eigenvalue weighted by Gasteiger charge is -2.18. The van der Waals surface area contributed by atoms with Gasteiger partial charge in [-0.3, -0.25) is 4.79 Å². The monoisotopic (exact) mass is 249 g/mol. The molecule has 0 heterocycles. The zero-order valence-electron chi connectivity index (χ0n) is 10.9. The predicted molar refractivity (Wildman–Crippen MR) is 68.8 cm³/mol. The Morgan fingerprint density at radius 3 is 2.67 bits per heavy atom. The first-order valence-corrected chi connectivity index (χ1v) is 6.15. The van der Waals surface area contributed by atoms with Gasteiger partial charge in [0.25, 0.3) is 0 Å². The Hall–Kier alpha value is -1.55. The van der Waals surface area contributed by atoms with E-state index in [2.05, 4.69) is 5.32 Å². The minimum atomic E-state index is -0.389. The maximum absolute atomic E-state index is 12.2. The summed E-state index contributed by atoms with van der Waals surface area (Å²) in [6.07, 6.45) is 1.76. The van der Waals surface area contributed by atoms with E-state index in [0.29, 0.717) is 13.2 Å². The first-order chi connectivity index (χ1) is 8.74. The largest absolute Gasteiger partial charge is 0.496 e. The highest BCUT2D eigenvalue weighted by Crippen LogP contribution is 2.51. The number of ether oxygens (including phenoxy) is 2. The summed E-state index contributed by atoms with van der Waals surface area (Å²) in [6.45, 7) is 1.08. The molecule has 2 rings (SSSR count). The second kappa shape index (κ2) is 5.40. The Labute approximate surface area is 107 Å². The molecule has 1 saturated carbocycles. The van der Waals surface area contributed by atoms with Gasteiger partial charge in [-0.2, -0.15) is 0 Å². The average molecular weight is 249 g/mol. The van der Waals surface area contributed by atoms with E-state index in [0.717, 1.165) is 24.2 Å². The van der Waals surface area contributed by atoms with Gasteiger partial charge in [0.1, 0.15) is 5.75 Å². The van der Waals surface area contributed by atoms with Crippen molar-refractivity contribution in [3.8, 4) is 5.75 Å². The number of para-hydroxylation sites is 1. The van der Waals surface area contributed by atoms with Crippen LogP contribution in [0.5, 0.6) is 5.75 Å². The van der Waals surface area contributed by atoms with Crippen LogP contribution < -0.4 is 10.1 Å². The van der Waals surface area contributed by atoms with E-state index in [1.807, 2.05) is 24.3 Å². The smallest absolute Gasteiger partial charge is 0.230 e. The summed E-state index contributed by atoms with van der Waals surface area (Å²) in [6, 6.07) is 7.74. The van der Waals surface area contributed by atoms with Crippen molar-refractivity contribution in [3.63, 3.8) is 0 Å². The number of amides is 1.